The highest BCUT2D eigenvalue weighted by molar-refractivity contribution is 5.09. The molecule has 1 unspecified atom stereocenters. The van der Waals surface area contributed by atoms with E-state index < -0.39 is 0 Å². The molecule has 0 aromatic carbocycles. The third-order valence-corrected chi connectivity index (χ3v) is 3.37. The van der Waals surface area contributed by atoms with E-state index in [4.69, 9.17) is 5.11 Å². The van der Waals surface area contributed by atoms with Gasteiger partial charge in [-0.05, 0) is 44.6 Å². The van der Waals surface area contributed by atoms with Crippen molar-refractivity contribution in [3.8, 4) is 0 Å². The Labute approximate surface area is 121 Å². The second-order valence-corrected chi connectivity index (χ2v) is 4.81. The number of halogens is 1. The lowest BCUT2D eigenvalue weighted by molar-refractivity contribution is 0.222. The van der Waals surface area contributed by atoms with Gasteiger partial charge in [-0.1, -0.05) is 13.8 Å². The number of nitrogens with one attached hydrogen (secondary N) is 1. The molecule has 0 bridgehead atoms. The molecule has 0 saturated heterocycles. The number of aliphatic hydroxyl groups is 1. The molecule has 5 heteroatoms. The monoisotopic (exact) mass is 283 g/mol. The van der Waals surface area contributed by atoms with Gasteiger partial charge in [0.1, 0.15) is 5.82 Å². The Morgan fingerprint density at radius 2 is 2.15 bits per heavy atom. The van der Waals surface area contributed by atoms with Crippen LogP contribution >= 0.6 is 0 Å². The minimum absolute atomic E-state index is 0.142. The molecule has 0 aliphatic carbocycles. The fourth-order valence-corrected chi connectivity index (χ4v) is 2.23. The summed E-state index contributed by atoms with van der Waals surface area (Å²) in [6.45, 7) is 8.07. The van der Waals surface area contributed by atoms with E-state index in [2.05, 4.69) is 29.0 Å². The van der Waals surface area contributed by atoms with Crippen molar-refractivity contribution >= 4 is 0 Å². The van der Waals surface area contributed by atoms with E-state index >= 15 is 0 Å². The van der Waals surface area contributed by atoms with Crippen LogP contribution in [-0.4, -0.2) is 47.8 Å². The zero-order chi connectivity index (χ0) is 14.8. The summed E-state index contributed by atoms with van der Waals surface area (Å²) in [6.07, 6.45) is 2.99. The normalized spacial score (nSPS) is 12.8. The second kappa shape index (κ2) is 9.80. The summed E-state index contributed by atoms with van der Waals surface area (Å²) in [6, 6.07) is 3.34. The van der Waals surface area contributed by atoms with Crippen molar-refractivity contribution in [1.29, 1.82) is 0 Å². The van der Waals surface area contributed by atoms with Gasteiger partial charge in [-0.15, -0.1) is 0 Å². The van der Waals surface area contributed by atoms with Gasteiger partial charge < -0.3 is 15.3 Å². The Morgan fingerprint density at radius 1 is 1.35 bits per heavy atom. The fourth-order valence-electron chi connectivity index (χ4n) is 2.23. The number of hydrogen-bond acceptors (Lipinski definition) is 4. The molecule has 4 nitrogen and oxygen atoms in total. The zero-order valence-corrected chi connectivity index (χ0v) is 12.5. The molecule has 0 aliphatic rings. The van der Waals surface area contributed by atoms with Crippen LogP contribution < -0.4 is 5.32 Å². The maximum Gasteiger partial charge on any atom is 0.141 e. The first-order valence-corrected chi connectivity index (χ1v) is 7.39. The van der Waals surface area contributed by atoms with E-state index in [1.165, 1.54) is 12.3 Å². The van der Waals surface area contributed by atoms with Crippen LogP contribution in [0.25, 0.3) is 0 Å². The SMILES string of the molecule is CCNC(CCN(CC)CCCO)c1ccc(F)cn1. The minimum atomic E-state index is -0.304. The molecule has 0 amide bonds. The first-order chi connectivity index (χ1) is 9.71. The predicted molar refractivity (Wildman–Crippen MR) is 79.0 cm³/mol. The maximum atomic E-state index is 12.9. The van der Waals surface area contributed by atoms with Crippen LogP contribution in [0.15, 0.2) is 18.3 Å². The highest BCUT2D eigenvalue weighted by Gasteiger charge is 2.13. The lowest BCUT2D eigenvalue weighted by atomic mass is 10.1. The molecule has 0 saturated carbocycles. The maximum absolute atomic E-state index is 12.9. The Kier molecular flexibility index (Phi) is 8.34. The number of aromatic nitrogens is 1. The largest absolute Gasteiger partial charge is 0.396 e. The van der Waals surface area contributed by atoms with Gasteiger partial charge in [0.15, 0.2) is 0 Å². The van der Waals surface area contributed by atoms with Crippen LogP contribution in [0.4, 0.5) is 4.39 Å². The average molecular weight is 283 g/mol. The summed E-state index contributed by atoms with van der Waals surface area (Å²) in [4.78, 5) is 6.48. The van der Waals surface area contributed by atoms with Crippen LogP contribution in [-0.2, 0) is 0 Å². The summed E-state index contributed by atoms with van der Waals surface area (Å²) in [5, 5.41) is 12.3. The average Bonchev–Trinajstić information content (AvgIpc) is 2.47. The van der Waals surface area contributed by atoms with Crippen molar-refractivity contribution in [2.45, 2.75) is 32.7 Å². The number of hydrogen-bond donors (Lipinski definition) is 2. The second-order valence-electron chi connectivity index (χ2n) is 4.81. The summed E-state index contributed by atoms with van der Waals surface area (Å²) in [5.41, 5.74) is 0.881. The van der Waals surface area contributed by atoms with E-state index in [9.17, 15) is 4.39 Å². The van der Waals surface area contributed by atoms with Crippen molar-refractivity contribution in [1.82, 2.24) is 15.2 Å². The Hall–Kier alpha value is -1.04. The quantitative estimate of drug-likeness (QED) is 0.689. The van der Waals surface area contributed by atoms with Crippen molar-refractivity contribution in [3.63, 3.8) is 0 Å². The molecule has 0 fully saturated rings. The summed E-state index contributed by atoms with van der Waals surface area (Å²) >= 11 is 0. The standard InChI is InChI=1S/C15H26FN3O/c1-3-17-15(14-7-6-13(16)12-18-14)8-10-19(4-2)9-5-11-20/h6-7,12,15,17,20H,3-5,8-11H2,1-2H3. The highest BCUT2D eigenvalue weighted by Crippen LogP contribution is 2.15. The van der Waals surface area contributed by atoms with Gasteiger partial charge in [0.2, 0.25) is 0 Å². The van der Waals surface area contributed by atoms with Gasteiger partial charge in [-0.3, -0.25) is 4.98 Å². The minimum Gasteiger partial charge on any atom is -0.396 e. The molecule has 1 atom stereocenters. The molecule has 0 spiro atoms. The smallest absolute Gasteiger partial charge is 0.141 e. The van der Waals surface area contributed by atoms with Crippen LogP contribution in [0.2, 0.25) is 0 Å². The molecule has 114 valence electrons. The Balaban J connectivity index is 2.55. The summed E-state index contributed by atoms with van der Waals surface area (Å²) in [7, 11) is 0. The molecule has 1 aromatic heterocycles. The number of nitrogens with zero attached hydrogens (tertiary/aromatic N) is 2. The van der Waals surface area contributed by atoms with Crippen LogP contribution in [0.5, 0.6) is 0 Å². The molecule has 0 aliphatic heterocycles. The van der Waals surface area contributed by atoms with E-state index in [0.717, 1.165) is 44.7 Å². The topological polar surface area (TPSA) is 48.4 Å². The van der Waals surface area contributed by atoms with Gasteiger partial charge in [0, 0.05) is 13.2 Å². The van der Waals surface area contributed by atoms with Gasteiger partial charge in [-0.25, -0.2) is 4.39 Å². The summed E-state index contributed by atoms with van der Waals surface area (Å²) < 4.78 is 12.9. The van der Waals surface area contributed by atoms with E-state index in [1.807, 2.05) is 0 Å². The Morgan fingerprint density at radius 3 is 2.70 bits per heavy atom. The zero-order valence-electron chi connectivity index (χ0n) is 12.5. The predicted octanol–water partition coefficient (Wildman–Crippen LogP) is 1.97. The van der Waals surface area contributed by atoms with E-state index in [0.29, 0.717) is 0 Å². The summed E-state index contributed by atoms with van der Waals surface area (Å²) in [5.74, 6) is -0.304. The first-order valence-electron chi connectivity index (χ1n) is 7.39. The molecule has 1 heterocycles. The van der Waals surface area contributed by atoms with Gasteiger partial charge in [-0.2, -0.15) is 0 Å². The van der Waals surface area contributed by atoms with Crippen molar-refractivity contribution < 1.29 is 9.50 Å². The van der Waals surface area contributed by atoms with Crippen LogP contribution in [0, 0.1) is 5.82 Å². The molecule has 20 heavy (non-hydrogen) atoms. The lowest BCUT2D eigenvalue weighted by Gasteiger charge is -2.24. The van der Waals surface area contributed by atoms with E-state index in [-0.39, 0.29) is 18.5 Å². The number of pyridine rings is 1. The van der Waals surface area contributed by atoms with E-state index in [1.54, 1.807) is 6.07 Å². The fraction of sp³-hybridized carbons (Fsp3) is 0.667. The third-order valence-electron chi connectivity index (χ3n) is 3.37. The lowest BCUT2D eigenvalue weighted by Crippen LogP contribution is -2.31. The van der Waals surface area contributed by atoms with Gasteiger partial charge in [0.25, 0.3) is 0 Å². The first kappa shape index (κ1) is 17.0. The van der Waals surface area contributed by atoms with Crippen molar-refractivity contribution in [2.75, 3.05) is 32.8 Å². The molecular weight excluding hydrogens is 257 g/mol. The molecular formula is C15H26FN3O. The van der Waals surface area contributed by atoms with Gasteiger partial charge in [0.05, 0.1) is 17.9 Å². The Bertz CT molecular complexity index is 359. The molecule has 2 N–H and O–H groups in total. The highest BCUT2D eigenvalue weighted by atomic mass is 19.1. The number of rotatable bonds is 10. The van der Waals surface area contributed by atoms with Crippen molar-refractivity contribution in [2.24, 2.45) is 0 Å². The van der Waals surface area contributed by atoms with Crippen LogP contribution in [0.1, 0.15) is 38.4 Å². The van der Waals surface area contributed by atoms with Crippen molar-refractivity contribution in [3.05, 3.63) is 29.8 Å². The number of aliphatic hydroxyl groups excluding tert-OH is 1. The molecule has 1 aromatic rings. The van der Waals surface area contributed by atoms with Gasteiger partial charge >= 0.3 is 0 Å². The third kappa shape index (κ3) is 5.94. The molecule has 1 rings (SSSR count). The molecule has 0 radical (unpaired) electrons. The van der Waals surface area contributed by atoms with Crippen LogP contribution in [0.3, 0.4) is 0 Å².